The molecule has 1 amide bonds. The molecule has 2 N–H and O–H groups in total. The number of aryl methyl sites for hydroxylation is 1. The number of benzene rings is 1. The minimum atomic E-state index is -0.157. The molecular formula is C17H18N4O2S2. The number of anilines is 2. The van der Waals surface area contributed by atoms with E-state index in [0.29, 0.717) is 5.13 Å². The number of amides is 1. The van der Waals surface area contributed by atoms with Gasteiger partial charge in [0.25, 0.3) is 0 Å². The molecule has 8 heteroatoms. The van der Waals surface area contributed by atoms with Crippen molar-refractivity contribution in [1.29, 1.82) is 0 Å². The number of rotatable bonds is 7. The highest BCUT2D eigenvalue weighted by Crippen LogP contribution is 2.28. The van der Waals surface area contributed by atoms with Crippen molar-refractivity contribution >= 4 is 39.8 Å². The van der Waals surface area contributed by atoms with E-state index in [1.807, 2.05) is 44.2 Å². The lowest BCUT2D eigenvalue weighted by atomic mass is 10.2. The van der Waals surface area contributed by atoms with Crippen molar-refractivity contribution in [1.82, 2.24) is 15.5 Å². The Morgan fingerprint density at radius 2 is 2.12 bits per heavy atom. The van der Waals surface area contributed by atoms with Gasteiger partial charge in [-0.3, -0.25) is 4.79 Å². The van der Waals surface area contributed by atoms with Crippen LogP contribution in [-0.2, 0) is 4.79 Å². The quantitative estimate of drug-likeness (QED) is 0.605. The second-order valence-electron chi connectivity index (χ2n) is 5.41. The summed E-state index contributed by atoms with van der Waals surface area (Å²) < 4.78 is 6.03. The van der Waals surface area contributed by atoms with Crippen LogP contribution in [0.15, 0.2) is 51.4 Å². The van der Waals surface area contributed by atoms with Crippen molar-refractivity contribution in [3.05, 3.63) is 54.0 Å². The van der Waals surface area contributed by atoms with Crippen LogP contribution in [0.3, 0.4) is 0 Å². The highest BCUT2D eigenvalue weighted by Gasteiger charge is 2.13. The van der Waals surface area contributed by atoms with E-state index in [9.17, 15) is 4.79 Å². The molecule has 3 aromatic rings. The molecule has 0 radical (unpaired) electrons. The van der Waals surface area contributed by atoms with Crippen LogP contribution >= 0.6 is 23.1 Å². The molecule has 0 bridgehead atoms. The van der Waals surface area contributed by atoms with Crippen LogP contribution in [0.4, 0.5) is 10.8 Å². The van der Waals surface area contributed by atoms with Gasteiger partial charge in [-0.05, 0) is 37.6 Å². The zero-order chi connectivity index (χ0) is 17.6. The molecule has 0 unspecified atom stereocenters. The summed E-state index contributed by atoms with van der Waals surface area (Å²) in [4.78, 5) is 12.0. The lowest BCUT2D eigenvalue weighted by molar-refractivity contribution is -0.119. The van der Waals surface area contributed by atoms with Gasteiger partial charge in [-0.2, -0.15) is 0 Å². The minimum absolute atomic E-state index is 0.0717. The van der Waals surface area contributed by atoms with Gasteiger partial charge in [0.15, 0.2) is 4.34 Å². The third kappa shape index (κ3) is 4.83. The van der Waals surface area contributed by atoms with Crippen molar-refractivity contribution in [2.45, 2.75) is 24.2 Å². The first-order valence-corrected chi connectivity index (χ1v) is 9.54. The fourth-order valence-corrected chi connectivity index (χ4v) is 3.74. The van der Waals surface area contributed by atoms with Gasteiger partial charge in [-0.1, -0.05) is 41.3 Å². The number of hydrogen-bond acceptors (Lipinski definition) is 7. The summed E-state index contributed by atoms with van der Waals surface area (Å²) in [5.41, 5.74) is 2.14. The maximum Gasteiger partial charge on any atom is 0.231 e. The summed E-state index contributed by atoms with van der Waals surface area (Å²) in [5.74, 6) is 0.945. The zero-order valence-corrected chi connectivity index (χ0v) is 15.5. The van der Waals surface area contributed by atoms with E-state index in [1.165, 1.54) is 23.1 Å². The van der Waals surface area contributed by atoms with Gasteiger partial charge in [-0.25, -0.2) is 0 Å². The molecule has 2 heterocycles. The van der Waals surface area contributed by atoms with E-state index in [-0.39, 0.29) is 17.7 Å². The molecule has 0 aliphatic heterocycles. The molecule has 0 aliphatic carbocycles. The summed E-state index contributed by atoms with van der Waals surface area (Å²) in [5, 5.41) is 15.1. The number of carbonyl (C=O) groups is 1. The monoisotopic (exact) mass is 374 g/mol. The topological polar surface area (TPSA) is 80.0 Å². The Bertz CT molecular complexity index is 833. The fraction of sp³-hybridized carbons (Fsp3) is 0.235. The molecule has 0 saturated heterocycles. The molecule has 0 saturated carbocycles. The van der Waals surface area contributed by atoms with Crippen molar-refractivity contribution in [2.75, 3.05) is 11.1 Å². The number of thioether (sulfide) groups is 1. The predicted molar refractivity (Wildman–Crippen MR) is 100 cm³/mol. The lowest BCUT2D eigenvalue weighted by Gasteiger charge is -2.10. The first-order chi connectivity index (χ1) is 12.1. The van der Waals surface area contributed by atoms with E-state index < -0.39 is 0 Å². The van der Waals surface area contributed by atoms with Gasteiger partial charge in [0.2, 0.25) is 11.0 Å². The Morgan fingerprint density at radius 3 is 2.88 bits per heavy atom. The number of hydrogen-bond donors (Lipinski definition) is 2. The molecule has 0 aliphatic rings. The third-order valence-corrected chi connectivity index (χ3v) is 5.44. The lowest BCUT2D eigenvalue weighted by Crippen LogP contribution is -2.27. The van der Waals surface area contributed by atoms with E-state index in [4.69, 9.17) is 4.42 Å². The number of nitrogens with zero attached hydrogens (tertiary/aromatic N) is 2. The van der Waals surface area contributed by atoms with Crippen molar-refractivity contribution in [2.24, 2.45) is 0 Å². The van der Waals surface area contributed by atoms with E-state index in [2.05, 4.69) is 20.8 Å². The average Bonchev–Trinajstić information content (AvgIpc) is 3.27. The zero-order valence-electron chi connectivity index (χ0n) is 13.9. The molecule has 25 heavy (non-hydrogen) atoms. The molecule has 130 valence electrons. The molecule has 0 fully saturated rings. The molecular weight excluding hydrogens is 356 g/mol. The summed E-state index contributed by atoms with van der Waals surface area (Å²) in [7, 11) is 0. The van der Waals surface area contributed by atoms with Gasteiger partial charge in [0.1, 0.15) is 5.76 Å². The number of furan rings is 1. The van der Waals surface area contributed by atoms with Crippen LogP contribution in [0.2, 0.25) is 0 Å². The highest BCUT2D eigenvalue weighted by molar-refractivity contribution is 8.01. The van der Waals surface area contributed by atoms with Crippen LogP contribution in [0, 0.1) is 6.92 Å². The molecule has 2 aromatic heterocycles. The summed E-state index contributed by atoms with van der Waals surface area (Å²) in [6, 6.07) is 11.5. The fourth-order valence-electron chi connectivity index (χ4n) is 2.17. The Balaban J connectivity index is 1.50. The predicted octanol–water partition coefficient (Wildman–Crippen LogP) is 4.15. The Morgan fingerprint density at radius 1 is 1.28 bits per heavy atom. The second kappa shape index (κ2) is 8.17. The molecule has 1 atom stereocenters. The van der Waals surface area contributed by atoms with Crippen LogP contribution in [0.25, 0.3) is 0 Å². The summed E-state index contributed by atoms with van der Waals surface area (Å²) >= 11 is 2.79. The SMILES string of the molecule is Cc1ccccc1Nc1nnc(SCC(=O)N[C@@H](C)c2ccco2)s1. The van der Waals surface area contributed by atoms with Gasteiger partial charge >= 0.3 is 0 Å². The second-order valence-corrected chi connectivity index (χ2v) is 7.61. The van der Waals surface area contributed by atoms with Gasteiger partial charge < -0.3 is 15.1 Å². The average molecular weight is 374 g/mol. The number of aromatic nitrogens is 2. The van der Waals surface area contributed by atoms with Gasteiger partial charge in [0.05, 0.1) is 18.1 Å². The van der Waals surface area contributed by atoms with Gasteiger partial charge in [0, 0.05) is 5.69 Å². The third-order valence-electron chi connectivity index (χ3n) is 3.47. The Hall–Kier alpha value is -2.32. The van der Waals surface area contributed by atoms with E-state index in [0.717, 1.165) is 21.4 Å². The first kappa shape index (κ1) is 17.5. The molecule has 1 aromatic carbocycles. The smallest absolute Gasteiger partial charge is 0.231 e. The normalized spacial score (nSPS) is 11.9. The maximum atomic E-state index is 12.0. The maximum absolute atomic E-state index is 12.0. The van der Waals surface area contributed by atoms with Crippen LogP contribution in [0.5, 0.6) is 0 Å². The van der Waals surface area contributed by atoms with Crippen LogP contribution < -0.4 is 10.6 Å². The number of para-hydroxylation sites is 1. The van der Waals surface area contributed by atoms with E-state index in [1.54, 1.807) is 12.3 Å². The largest absolute Gasteiger partial charge is 0.467 e. The Labute approximate surface area is 154 Å². The van der Waals surface area contributed by atoms with Crippen molar-refractivity contribution < 1.29 is 9.21 Å². The number of carbonyl (C=O) groups excluding carboxylic acids is 1. The van der Waals surface area contributed by atoms with Crippen molar-refractivity contribution in [3.63, 3.8) is 0 Å². The first-order valence-electron chi connectivity index (χ1n) is 7.73. The van der Waals surface area contributed by atoms with E-state index >= 15 is 0 Å². The van der Waals surface area contributed by atoms with Crippen molar-refractivity contribution in [3.8, 4) is 0 Å². The number of nitrogens with one attached hydrogen (secondary N) is 2. The van der Waals surface area contributed by atoms with Crippen LogP contribution in [0.1, 0.15) is 24.3 Å². The standard InChI is InChI=1S/C17H18N4O2S2/c1-11-6-3-4-7-13(11)19-16-20-21-17(25-16)24-10-15(22)18-12(2)14-8-5-9-23-14/h3-9,12H,10H2,1-2H3,(H,18,22)(H,19,20)/t12-/m0/s1. The summed E-state index contributed by atoms with van der Waals surface area (Å²) in [6.07, 6.45) is 1.59. The highest BCUT2D eigenvalue weighted by atomic mass is 32.2. The Kier molecular flexibility index (Phi) is 5.72. The molecule has 6 nitrogen and oxygen atoms in total. The van der Waals surface area contributed by atoms with Gasteiger partial charge in [-0.15, -0.1) is 10.2 Å². The van der Waals surface area contributed by atoms with Crippen LogP contribution in [-0.4, -0.2) is 21.9 Å². The molecule has 3 rings (SSSR count). The summed E-state index contributed by atoms with van der Waals surface area (Å²) in [6.45, 7) is 3.92. The molecule has 0 spiro atoms. The minimum Gasteiger partial charge on any atom is -0.467 e.